The topological polar surface area (TPSA) is 52.6 Å². The summed E-state index contributed by atoms with van der Waals surface area (Å²) in [6.45, 7) is 14.8. The third-order valence-electron chi connectivity index (χ3n) is 4.22. The molecule has 0 rings (SSSR count). The van der Waals surface area contributed by atoms with Crippen molar-refractivity contribution in [2.24, 2.45) is 0 Å². The molecule has 134 valence electrons. The second-order valence-electron chi connectivity index (χ2n) is 7.44. The van der Waals surface area contributed by atoms with Crippen LogP contribution in [-0.2, 0) is 18.8 Å². The second kappa shape index (κ2) is 10.0. The molecule has 0 radical (unpaired) electrons. The van der Waals surface area contributed by atoms with Gasteiger partial charge < -0.3 is 9.16 Å². The SMILES string of the molecule is CCOC(=O)CCCCC(/C=C/C(C)=O)O[Si](C)(C)C(C)(C)C. The van der Waals surface area contributed by atoms with Gasteiger partial charge in [-0.05, 0) is 50.9 Å². The molecule has 0 N–H and O–H groups in total. The van der Waals surface area contributed by atoms with Crippen molar-refractivity contribution in [3.63, 3.8) is 0 Å². The van der Waals surface area contributed by atoms with Crippen LogP contribution in [0.2, 0.25) is 18.1 Å². The molecule has 0 spiro atoms. The van der Waals surface area contributed by atoms with Crippen LogP contribution in [-0.4, -0.2) is 32.8 Å². The number of esters is 1. The summed E-state index contributed by atoms with van der Waals surface area (Å²) >= 11 is 0. The lowest BCUT2D eigenvalue weighted by atomic mass is 10.1. The number of carbonyl (C=O) groups excluding carboxylic acids is 2. The molecule has 0 aliphatic carbocycles. The molecule has 0 fully saturated rings. The average Bonchev–Trinajstić information content (AvgIpc) is 2.39. The number of hydrogen-bond acceptors (Lipinski definition) is 4. The first-order valence-electron chi connectivity index (χ1n) is 8.52. The summed E-state index contributed by atoms with van der Waals surface area (Å²) in [5.74, 6) is -0.117. The lowest BCUT2D eigenvalue weighted by Gasteiger charge is -2.38. The maximum atomic E-state index is 11.4. The van der Waals surface area contributed by atoms with E-state index in [0.717, 1.165) is 19.3 Å². The highest BCUT2D eigenvalue weighted by molar-refractivity contribution is 6.74. The second-order valence-corrected chi connectivity index (χ2v) is 12.2. The Morgan fingerprint density at radius 1 is 1.17 bits per heavy atom. The highest BCUT2D eigenvalue weighted by Gasteiger charge is 2.38. The van der Waals surface area contributed by atoms with Crippen molar-refractivity contribution in [3.8, 4) is 0 Å². The molecule has 0 amide bonds. The number of allylic oxidation sites excluding steroid dienone is 1. The van der Waals surface area contributed by atoms with Gasteiger partial charge >= 0.3 is 5.97 Å². The zero-order valence-electron chi connectivity index (χ0n) is 15.9. The number of ketones is 1. The summed E-state index contributed by atoms with van der Waals surface area (Å²) in [6, 6.07) is 0. The first kappa shape index (κ1) is 22.1. The van der Waals surface area contributed by atoms with Crippen LogP contribution in [0.1, 0.15) is 60.3 Å². The fourth-order valence-corrected chi connectivity index (χ4v) is 3.15. The number of hydrogen-bond donors (Lipinski definition) is 0. The van der Waals surface area contributed by atoms with Crippen molar-refractivity contribution >= 4 is 20.1 Å². The molecule has 0 aliphatic heterocycles. The van der Waals surface area contributed by atoms with Crippen LogP contribution in [0.4, 0.5) is 0 Å². The standard InChI is InChI=1S/C18H34O4Si/c1-8-21-17(20)12-10-9-11-16(14-13-15(2)19)22-23(6,7)18(3,4)5/h13-14,16H,8-12H2,1-7H3/b14-13+. The minimum absolute atomic E-state index is 0.0281. The van der Waals surface area contributed by atoms with Crippen molar-refractivity contribution < 1.29 is 18.8 Å². The van der Waals surface area contributed by atoms with Crippen molar-refractivity contribution in [3.05, 3.63) is 12.2 Å². The molecule has 1 atom stereocenters. The van der Waals surface area contributed by atoms with E-state index in [1.54, 1.807) is 13.0 Å². The summed E-state index contributed by atoms with van der Waals surface area (Å²) in [4.78, 5) is 22.6. The summed E-state index contributed by atoms with van der Waals surface area (Å²) in [5, 5.41) is 0.125. The molecule has 0 heterocycles. The molecule has 4 nitrogen and oxygen atoms in total. The van der Waals surface area contributed by atoms with Gasteiger partial charge in [0.25, 0.3) is 0 Å². The predicted molar refractivity (Wildman–Crippen MR) is 97.0 cm³/mol. The maximum Gasteiger partial charge on any atom is 0.305 e. The number of ether oxygens (including phenoxy) is 1. The summed E-state index contributed by atoms with van der Waals surface area (Å²) in [7, 11) is -1.89. The van der Waals surface area contributed by atoms with Gasteiger partial charge in [-0.15, -0.1) is 0 Å². The molecule has 5 heteroatoms. The van der Waals surface area contributed by atoms with Gasteiger partial charge in [-0.3, -0.25) is 9.59 Å². The van der Waals surface area contributed by atoms with E-state index in [0.29, 0.717) is 13.0 Å². The van der Waals surface area contributed by atoms with Crippen molar-refractivity contribution in [2.75, 3.05) is 6.61 Å². The van der Waals surface area contributed by atoms with Crippen molar-refractivity contribution in [1.82, 2.24) is 0 Å². The Morgan fingerprint density at radius 3 is 2.26 bits per heavy atom. The molecule has 0 saturated heterocycles. The van der Waals surface area contributed by atoms with E-state index in [1.807, 2.05) is 13.0 Å². The van der Waals surface area contributed by atoms with Crippen LogP contribution < -0.4 is 0 Å². The lowest BCUT2D eigenvalue weighted by molar-refractivity contribution is -0.143. The van der Waals surface area contributed by atoms with Gasteiger partial charge in [0.05, 0.1) is 12.7 Å². The van der Waals surface area contributed by atoms with Gasteiger partial charge in [-0.1, -0.05) is 33.3 Å². The third-order valence-corrected chi connectivity index (χ3v) is 8.73. The van der Waals surface area contributed by atoms with E-state index in [1.165, 1.54) is 0 Å². The Morgan fingerprint density at radius 2 is 1.78 bits per heavy atom. The third kappa shape index (κ3) is 9.71. The van der Waals surface area contributed by atoms with Gasteiger partial charge in [0, 0.05) is 6.42 Å². The monoisotopic (exact) mass is 342 g/mol. The quantitative estimate of drug-likeness (QED) is 0.251. The van der Waals surface area contributed by atoms with Crippen LogP contribution in [0.15, 0.2) is 12.2 Å². The van der Waals surface area contributed by atoms with Crippen LogP contribution in [0, 0.1) is 0 Å². The highest BCUT2D eigenvalue weighted by Crippen LogP contribution is 2.37. The van der Waals surface area contributed by atoms with Crippen LogP contribution >= 0.6 is 0 Å². The molecule has 0 saturated carbocycles. The molecule has 0 aromatic heterocycles. The number of carbonyl (C=O) groups is 2. The van der Waals surface area contributed by atoms with Gasteiger partial charge in [-0.25, -0.2) is 0 Å². The van der Waals surface area contributed by atoms with E-state index in [4.69, 9.17) is 9.16 Å². The molecule has 1 unspecified atom stereocenters. The predicted octanol–water partition coefficient (Wildman–Crippen LogP) is 4.65. The first-order valence-corrected chi connectivity index (χ1v) is 11.4. The average molecular weight is 343 g/mol. The highest BCUT2D eigenvalue weighted by atomic mass is 28.4. The fourth-order valence-electron chi connectivity index (χ4n) is 1.84. The minimum atomic E-state index is -1.89. The molecule has 0 aromatic rings. The van der Waals surface area contributed by atoms with Gasteiger partial charge in [0.1, 0.15) is 0 Å². The Kier molecular flexibility index (Phi) is 9.62. The zero-order chi connectivity index (χ0) is 18.1. The van der Waals surface area contributed by atoms with Gasteiger partial charge in [0.15, 0.2) is 14.1 Å². The Labute approximate surface area is 142 Å². The largest absolute Gasteiger partial charge is 0.466 e. The van der Waals surface area contributed by atoms with Gasteiger partial charge in [0.2, 0.25) is 0 Å². The molecular weight excluding hydrogens is 308 g/mol. The Hall–Kier alpha value is -0.943. The van der Waals surface area contributed by atoms with Crippen LogP contribution in [0.3, 0.4) is 0 Å². The summed E-state index contributed by atoms with van der Waals surface area (Å²) in [5.41, 5.74) is 0. The molecule has 0 aliphatic rings. The Bertz CT molecular complexity index is 408. The van der Waals surface area contributed by atoms with Crippen LogP contribution in [0.5, 0.6) is 0 Å². The molecule has 0 aromatic carbocycles. The normalized spacial score (nSPS) is 14.0. The smallest absolute Gasteiger partial charge is 0.305 e. The van der Waals surface area contributed by atoms with E-state index < -0.39 is 8.32 Å². The van der Waals surface area contributed by atoms with E-state index >= 15 is 0 Å². The van der Waals surface area contributed by atoms with E-state index in [2.05, 4.69) is 33.9 Å². The van der Waals surface area contributed by atoms with Crippen molar-refractivity contribution in [1.29, 1.82) is 0 Å². The maximum absolute atomic E-state index is 11.4. The minimum Gasteiger partial charge on any atom is -0.466 e. The molecular formula is C18H34O4Si. The lowest BCUT2D eigenvalue weighted by Crippen LogP contribution is -2.43. The van der Waals surface area contributed by atoms with Crippen LogP contribution in [0.25, 0.3) is 0 Å². The molecule has 23 heavy (non-hydrogen) atoms. The number of unbranched alkanes of at least 4 members (excludes halogenated alkanes) is 1. The Balaban J connectivity index is 4.59. The first-order chi connectivity index (χ1) is 10.5. The van der Waals surface area contributed by atoms with Gasteiger partial charge in [-0.2, -0.15) is 0 Å². The summed E-state index contributed by atoms with van der Waals surface area (Å²) in [6.07, 6.45) is 6.30. The van der Waals surface area contributed by atoms with E-state index in [9.17, 15) is 9.59 Å². The molecule has 0 bridgehead atoms. The zero-order valence-corrected chi connectivity index (χ0v) is 16.9. The fraction of sp³-hybridized carbons (Fsp3) is 0.778. The van der Waals surface area contributed by atoms with E-state index in [-0.39, 0.29) is 22.9 Å². The van der Waals surface area contributed by atoms with Crippen molar-refractivity contribution in [2.45, 2.75) is 84.5 Å². The summed E-state index contributed by atoms with van der Waals surface area (Å²) < 4.78 is 11.3. The number of rotatable bonds is 10.